The number of aliphatic hydroxyl groups is 4. The molecule has 0 radical (unpaired) electrons. The van der Waals surface area contributed by atoms with Crippen LogP contribution in [0.3, 0.4) is 0 Å². The molecule has 10 atom stereocenters. The van der Waals surface area contributed by atoms with Crippen molar-refractivity contribution in [1.82, 2.24) is 0 Å². The van der Waals surface area contributed by atoms with Crippen LogP contribution in [0.2, 0.25) is 0 Å². The maximum absolute atomic E-state index is 12.8. The van der Waals surface area contributed by atoms with Crippen molar-refractivity contribution >= 4 is 12.0 Å². The molecule has 2 aromatic carbocycles. The van der Waals surface area contributed by atoms with Gasteiger partial charge in [0.25, 0.3) is 0 Å². The van der Waals surface area contributed by atoms with Crippen LogP contribution in [0.25, 0.3) is 6.08 Å². The van der Waals surface area contributed by atoms with Crippen LogP contribution in [0.15, 0.2) is 42.5 Å². The molecule has 8 N–H and O–H groups in total. The van der Waals surface area contributed by atoms with E-state index in [1.54, 1.807) is 0 Å². The normalized spacial score (nSPS) is 34.5. The van der Waals surface area contributed by atoms with E-state index >= 15 is 0 Å². The summed E-state index contributed by atoms with van der Waals surface area (Å²) in [6, 6.07) is 7.93. The lowest BCUT2D eigenvalue weighted by Gasteiger charge is -2.47. The summed E-state index contributed by atoms with van der Waals surface area (Å²) >= 11 is 0. The molecule has 0 bridgehead atoms. The van der Waals surface area contributed by atoms with E-state index in [4.69, 9.17) is 28.4 Å². The van der Waals surface area contributed by atoms with Crippen molar-refractivity contribution < 1.29 is 74.1 Å². The number of aromatic hydroxyl groups is 4. The van der Waals surface area contributed by atoms with Crippen molar-refractivity contribution in [2.75, 3.05) is 19.8 Å². The molecule has 43 heavy (non-hydrogen) atoms. The van der Waals surface area contributed by atoms with E-state index in [0.717, 1.165) is 6.08 Å². The summed E-state index contributed by atoms with van der Waals surface area (Å²) in [7, 11) is 0. The molecule has 3 fully saturated rings. The van der Waals surface area contributed by atoms with Crippen molar-refractivity contribution in [3.63, 3.8) is 0 Å². The number of benzene rings is 2. The number of aliphatic hydroxyl groups excluding tert-OH is 4. The number of fused-ring (bicyclic) bond motifs is 1. The molecule has 2 aromatic rings. The zero-order valence-electron chi connectivity index (χ0n) is 22.4. The first kappa shape index (κ1) is 30.9. The Hall–Kier alpha value is -3.51. The molecule has 1 unspecified atom stereocenters. The molecule has 5 rings (SSSR count). The zero-order valence-corrected chi connectivity index (χ0v) is 22.4. The summed E-state index contributed by atoms with van der Waals surface area (Å²) in [5.41, 5.74) is 0.796. The monoisotopic (exact) mass is 608 g/mol. The molecule has 3 saturated heterocycles. The third kappa shape index (κ3) is 6.85. The Labute approximate surface area is 244 Å². The van der Waals surface area contributed by atoms with Crippen molar-refractivity contribution in [3.05, 3.63) is 53.6 Å². The highest BCUT2D eigenvalue weighted by Gasteiger charge is 2.52. The molecule has 0 aliphatic carbocycles. The Morgan fingerprint density at radius 1 is 0.837 bits per heavy atom. The second-order valence-electron chi connectivity index (χ2n) is 10.3. The van der Waals surface area contributed by atoms with E-state index in [9.17, 15) is 45.6 Å². The number of ether oxygens (including phenoxy) is 6. The highest BCUT2D eigenvalue weighted by molar-refractivity contribution is 5.87. The van der Waals surface area contributed by atoms with Gasteiger partial charge in [0.05, 0.1) is 19.8 Å². The molecule has 3 aliphatic rings. The van der Waals surface area contributed by atoms with Crippen molar-refractivity contribution in [2.24, 2.45) is 0 Å². The molecular formula is C28H32O15. The highest BCUT2D eigenvalue weighted by atomic mass is 16.8. The summed E-state index contributed by atoms with van der Waals surface area (Å²) in [5, 5.41) is 79.9. The molecule has 3 heterocycles. The number of carbonyl (C=O) groups excluding carboxylic acids is 1. The van der Waals surface area contributed by atoms with Crippen molar-refractivity contribution in [2.45, 2.75) is 61.4 Å². The standard InChI is InChI=1S/C28H32O15/c29-14-4-1-12(7-16(14)31)2-6-21(34)43-25-20(11-39-27-23(36)22(35)18(33)9-38-27)42-28-26(24(25)37)41-19(10-40-28)13-3-5-15(30)17(32)8-13/h1-8,18-20,22-33,35-37H,9-11H2/b6-2+/t18-,19?,20-,22+,23-,24+,25-,26-,27+,28-/m1/s1. The summed E-state index contributed by atoms with van der Waals surface area (Å²) in [6.07, 6.45) is -10.8. The first-order chi connectivity index (χ1) is 20.5. The van der Waals surface area contributed by atoms with Crippen LogP contribution >= 0.6 is 0 Å². The van der Waals surface area contributed by atoms with Crippen LogP contribution in [-0.2, 0) is 33.2 Å². The van der Waals surface area contributed by atoms with E-state index < -0.39 is 79.7 Å². The topological polar surface area (TPSA) is 234 Å². The number of hydrogen-bond donors (Lipinski definition) is 8. The van der Waals surface area contributed by atoms with Gasteiger partial charge in [-0.3, -0.25) is 0 Å². The van der Waals surface area contributed by atoms with Gasteiger partial charge in [0.1, 0.15) is 42.7 Å². The average Bonchev–Trinajstić information content (AvgIpc) is 2.99. The molecule has 3 aliphatic heterocycles. The second kappa shape index (κ2) is 13.0. The summed E-state index contributed by atoms with van der Waals surface area (Å²) in [5.74, 6) is -2.38. The quantitative estimate of drug-likeness (QED) is 0.108. The number of rotatable bonds is 7. The van der Waals surface area contributed by atoms with Crippen LogP contribution in [0.4, 0.5) is 0 Å². The Morgan fingerprint density at radius 3 is 2.28 bits per heavy atom. The first-order valence-electron chi connectivity index (χ1n) is 13.3. The highest BCUT2D eigenvalue weighted by Crippen LogP contribution is 2.37. The second-order valence-corrected chi connectivity index (χ2v) is 10.3. The van der Waals surface area contributed by atoms with Gasteiger partial charge in [-0.2, -0.15) is 0 Å². The number of hydrogen-bond acceptors (Lipinski definition) is 15. The molecule has 234 valence electrons. The fraction of sp³-hybridized carbons (Fsp3) is 0.464. The summed E-state index contributed by atoms with van der Waals surface area (Å²) < 4.78 is 34.1. The van der Waals surface area contributed by atoms with Gasteiger partial charge in [0, 0.05) is 6.08 Å². The molecular weight excluding hydrogens is 576 g/mol. The van der Waals surface area contributed by atoms with Crippen LogP contribution < -0.4 is 0 Å². The summed E-state index contributed by atoms with van der Waals surface area (Å²) in [6.45, 7) is -0.799. The van der Waals surface area contributed by atoms with Gasteiger partial charge in [-0.25, -0.2) is 4.79 Å². The van der Waals surface area contributed by atoms with E-state index in [1.165, 1.54) is 42.5 Å². The maximum Gasteiger partial charge on any atom is 0.331 e. The van der Waals surface area contributed by atoms with Gasteiger partial charge in [0.2, 0.25) is 0 Å². The first-order valence-corrected chi connectivity index (χ1v) is 13.3. The predicted molar refractivity (Wildman–Crippen MR) is 140 cm³/mol. The maximum atomic E-state index is 12.8. The van der Waals surface area contributed by atoms with Gasteiger partial charge < -0.3 is 69.3 Å². The Bertz CT molecular complexity index is 1320. The molecule has 0 saturated carbocycles. The largest absolute Gasteiger partial charge is 0.504 e. The predicted octanol–water partition coefficient (Wildman–Crippen LogP) is -0.868. The van der Waals surface area contributed by atoms with Crippen LogP contribution in [0.5, 0.6) is 23.0 Å². The number of carbonyl (C=O) groups is 1. The lowest BCUT2D eigenvalue weighted by atomic mass is 9.97. The van der Waals surface area contributed by atoms with Crippen LogP contribution in [0.1, 0.15) is 17.2 Å². The van der Waals surface area contributed by atoms with E-state index in [2.05, 4.69) is 0 Å². The van der Waals surface area contributed by atoms with Gasteiger partial charge in [-0.1, -0.05) is 12.1 Å². The lowest BCUT2D eigenvalue weighted by molar-refractivity contribution is -0.358. The molecule has 0 spiro atoms. The van der Waals surface area contributed by atoms with E-state index in [0.29, 0.717) is 11.1 Å². The van der Waals surface area contributed by atoms with E-state index in [-0.39, 0.29) is 30.5 Å². The Morgan fingerprint density at radius 2 is 1.56 bits per heavy atom. The molecule has 0 aromatic heterocycles. The SMILES string of the molecule is O=C(/C=C/c1ccc(O)c(O)c1)O[C@H]1[C@H](O)[C@H]2OC(c3ccc(O)c(O)c3)CO[C@@H]2O[C@@H]1CO[C@@H]1OC[C@@H](O)[C@H](O)[C@H]1O. The fourth-order valence-electron chi connectivity index (χ4n) is 4.88. The van der Waals surface area contributed by atoms with E-state index in [1.807, 2.05) is 0 Å². The smallest absolute Gasteiger partial charge is 0.331 e. The van der Waals surface area contributed by atoms with Crippen molar-refractivity contribution in [3.8, 4) is 23.0 Å². The van der Waals surface area contributed by atoms with Crippen molar-refractivity contribution in [1.29, 1.82) is 0 Å². The van der Waals surface area contributed by atoms with Gasteiger partial charge in [-0.05, 0) is 41.5 Å². The summed E-state index contributed by atoms with van der Waals surface area (Å²) in [4.78, 5) is 12.8. The Kier molecular flexibility index (Phi) is 9.36. The van der Waals surface area contributed by atoms with Gasteiger partial charge >= 0.3 is 5.97 Å². The average molecular weight is 609 g/mol. The molecule has 15 heteroatoms. The zero-order chi connectivity index (χ0) is 30.8. The van der Waals surface area contributed by atoms with Gasteiger partial charge in [-0.15, -0.1) is 0 Å². The van der Waals surface area contributed by atoms with Crippen LogP contribution in [-0.4, -0.2) is 122 Å². The molecule has 15 nitrogen and oxygen atoms in total. The number of esters is 1. The minimum atomic E-state index is -1.60. The minimum Gasteiger partial charge on any atom is -0.504 e. The number of phenols is 4. The lowest BCUT2D eigenvalue weighted by Crippen LogP contribution is -2.63. The molecule has 0 amide bonds. The number of phenolic OH excluding ortho intramolecular Hbond substituents is 4. The third-order valence-electron chi connectivity index (χ3n) is 7.26. The Balaban J connectivity index is 1.32. The fourth-order valence-corrected chi connectivity index (χ4v) is 4.88. The van der Waals surface area contributed by atoms with Gasteiger partial charge in [0.15, 0.2) is 41.7 Å². The van der Waals surface area contributed by atoms with Crippen LogP contribution in [0, 0.1) is 0 Å². The third-order valence-corrected chi connectivity index (χ3v) is 7.26. The minimum absolute atomic E-state index is 0.0626.